The zero-order valence-electron chi connectivity index (χ0n) is 10.6. The number of nitrogens with zero attached hydrogens (tertiary/aromatic N) is 3. The van der Waals surface area contributed by atoms with Gasteiger partial charge in [0.25, 0.3) is 0 Å². The number of aromatic nitrogens is 2. The Morgan fingerprint density at radius 2 is 2.35 bits per heavy atom. The second-order valence-corrected chi connectivity index (χ2v) is 4.26. The molecule has 0 saturated carbocycles. The van der Waals surface area contributed by atoms with E-state index in [4.69, 9.17) is 9.15 Å². The van der Waals surface area contributed by atoms with E-state index in [1.54, 1.807) is 0 Å². The minimum Gasteiger partial charge on any atom is -0.406 e. The Morgan fingerprint density at radius 3 is 3.06 bits per heavy atom. The third-order valence-corrected chi connectivity index (χ3v) is 3.18. The SMILES string of the molecule is CCC1COCCN1c1nnc(C(C)NC)o1. The average molecular weight is 240 g/mol. The molecular formula is C11H20N4O2. The molecule has 1 aromatic rings. The van der Waals surface area contributed by atoms with E-state index >= 15 is 0 Å². The van der Waals surface area contributed by atoms with Crippen molar-refractivity contribution in [2.24, 2.45) is 0 Å². The van der Waals surface area contributed by atoms with Crippen molar-refractivity contribution < 1.29 is 9.15 Å². The molecule has 1 aliphatic heterocycles. The van der Waals surface area contributed by atoms with Gasteiger partial charge in [0.2, 0.25) is 5.89 Å². The average Bonchev–Trinajstić information content (AvgIpc) is 2.87. The highest BCUT2D eigenvalue weighted by atomic mass is 16.5. The molecule has 17 heavy (non-hydrogen) atoms. The molecule has 0 bridgehead atoms. The highest BCUT2D eigenvalue weighted by molar-refractivity contribution is 5.27. The van der Waals surface area contributed by atoms with E-state index in [1.165, 1.54) is 0 Å². The number of ether oxygens (including phenoxy) is 1. The van der Waals surface area contributed by atoms with Crippen LogP contribution < -0.4 is 10.2 Å². The third kappa shape index (κ3) is 2.58. The molecule has 6 nitrogen and oxygen atoms in total. The predicted octanol–water partition coefficient (Wildman–Crippen LogP) is 0.965. The number of hydrogen-bond acceptors (Lipinski definition) is 6. The Bertz CT molecular complexity index is 355. The Hall–Kier alpha value is -1.14. The topological polar surface area (TPSA) is 63.4 Å². The summed E-state index contributed by atoms with van der Waals surface area (Å²) in [7, 11) is 1.87. The lowest BCUT2D eigenvalue weighted by Gasteiger charge is -2.33. The lowest BCUT2D eigenvalue weighted by atomic mass is 10.2. The molecule has 1 fully saturated rings. The van der Waals surface area contributed by atoms with Gasteiger partial charge < -0.3 is 19.4 Å². The lowest BCUT2D eigenvalue weighted by Crippen LogP contribution is -2.45. The lowest BCUT2D eigenvalue weighted by molar-refractivity contribution is 0.0899. The molecule has 0 spiro atoms. The largest absolute Gasteiger partial charge is 0.406 e. The molecule has 0 aromatic carbocycles. The van der Waals surface area contributed by atoms with Crippen molar-refractivity contribution in [3.05, 3.63) is 5.89 Å². The van der Waals surface area contributed by atoms with Crippen LogP contribution in [0.1, 0.15) is 32.2 Å². The zero-order chi connectivity index (χ0) is 12.3. The number of hydrogen-bond donors (Lipinski definition) is 1. The summed E-state index contributed by atoms with van der Waals surface area (Å²) >= 11 is 0. The van der Waals surface area contributed by atoms with E-state index in [0.29, 0.717) is 17.9 Å². The van der Waals surface area contributed by atoms with E-state index < -0.39 is 0 Å². The Morgan fingerprint density at radius 1 is 1.53 bits per heavy atom. The van der Waals surface area contributed by atoms with Gasteiger partial charge in [0.15, 0.2) is 0 Å². The molecular weight excluding hydrogens is 220 g/mol. The van der Waals surface area contributed by atoms with Crippen LogP contribution in [0.4, 0.5) is 6.01 Å². The summed E-state index contributed by atoms with van der Waals surface area (Å²) < 4.78 is 11.1. The molecule has 2 atom stereocenters. The van der Waals surface area contributed by atoms with Crippen molar-refractivity contribution >= 4 is 6.01 Å². The molecule has 0 radical (unpaired) electrons. The van der Waals surface area contributed by atoms with Crippen LogP contribution in [0.5, 0.6) is 0 Å². The van der Waals surface area contributed by atoms with Gasteiger partial charge in [-0.1, -0.05) is 12.0 Å². The molecule has 2 unspecified atom stereocenters. The minimum atomic E-state index is 0.0809. The molecule has 1 aliphatic rings. The first kappa shape index (κ1) is 12.3. The van der Waals surface area contributed by atoms with Crippen LogP contribution in [0, 0.1) is 0 Å². The number of morpholine rings is 1. The van der Waals surface area contributed by atoms with Crippen LogP contribution in [-0.2, 0) is 4.74 Å². The van der Waals surface area contributed by atoms with Gasteiger partial charge in [-0.05, 0) is 20.4 Å². The summed E-state index contributed by atoms with van der Waals surface area (Å²) in [6.07, 6.45) is 1.01. The Balaban J connectivity index is 2.12. The second kappa shape index (κ2) is 5.46. The van der Waals surface area contributed by atoms with Crippen LogP contribution in [0.15, 0.2) is 4.42 Å². The van der Waals surface area contributed by atoms with Gasteiger partial charge in [-0.25, -0.2) is 0 Å². The van der Waals surface area contributed by atoms with Crippen LogP contribution in [0.25, 0.3) is 0 Å². The molecule has 6 heteroatoms. The fourth-order valence-corrected chi connectivity index (χ4v) is 1.89. The zero-order valence-corrected chi connectivity index (χ0v) is 10.6. The van der Waals surface area contributed by atoms with Gasteiger partial charge in [0.05, 0.1) is 25.3 Å². The van der Waals surface area contributed by atoms with Gasteiger partial charge in [-0.2, -0.15) is 0 Å². The molecule has 96 valence electrons. The molecule has 1 aromatic heterocycles. The standard InChI is InChI=1S/C11H20N4O2/c1-4-9-7-16-6-5-15(9)11-14-13-10(17-11)8(2)12-3/h8-9,12H,4-7H2,1-3H3. The molecule has 2 heterocycles. The maximum atomic E-state index is 5.69. The maximum Gasteiger partial charge on any atom is 0.318 e. The van der Waals surface area contributed by atoms with Crippen molar-refractivity contribution in [2.75, 3.05) is 31.7 Å². The van der Waals surface area contributed by atoms with E-state index in [0.717, 1.165) is 26.2 Å². The highest BCUT2D eigenvalue weighted by Gasteiger charge is 2.26. The van der Waals surface area contributed by atoms with Gasteiger partial charge in [-0.15, -0.1) is 5.10 Å². The smallest absolute Gasteiger partial charge is 0.318 e. The normalized spacial score (nSPS) is 22.8. The Kier molecular flexibility index (Phi) is 3.96. The number of anilines is 1. The Labute approximate surface area is 101 Å². The summed E-state index contributed by atoms with van der Waals surface area (Å²) in [6, 6.07) is 1.02. The summed E-state index contributed by atoms with van der Waals surface area (Å²) in [4.78, 5) is 2.14. The maximum absolute atomic E-state index is 5.69. The van der Waals surface area contributed by atoms with E-state index in [9.17, 15) is 0 Å². The van der Waals surface area contributed by atoms with Gasteiger partial charge in [-0.3, -0.25) is 0 Å². The first-order valence-electron chi connectivity index (χ1n) is 6.11. The van der Waals surface area contributed by atoms with Crippen molar-refractivity contribution in [1.82, 2.24) is 15.5 Å². The van der Waals surface area contributed by atoms with Crippen LogP contribution in [0.2, 0.25) is 0 Å². The van der Waals surface area contributed by atoms with E-state index in [2.05, 4.69) is 27.3 Å². The monoisotopic (exact) mass is 240 g/mol. The molecule has 0 amide bonds. The first-order valence-corrected chi connectivity index (χ1v) is 6.11. The summed E-state index contributed by atoms with van der Waals surface area (Å²) in [5.74, 6) is 0.629. The van der Waals surface area contributed by atoms with E-state index in [1.807, 2.05) is 14.0 Å². The van der Waals surface area contributed by atoms with E-state index in [-0.39, 0.29) is 6.04 Å². The molecule has 2 rings (SSSR count). The highest BCUT2D eigenvalue weighted by Crippen LogP contribution is 2.21. The quantitative estimate of drug-likeness (QED) is 0.846. The molecule has 0 aliphatic carbocycles. The predicted molar refractivity (Wildman–Crippen MR) is 64.0 cm³/mol. The van der Waals surface area contributed by atoms with Crippen molar-refractivity contribution in [3.8, 4) is 0 Å². The summed E-state index contributed by atoms with van der Waals surface area (Å²) in [5, 5.41) is 11.3. The third-order valence-electron chi connectivity index (χ3n) is 3.18. The number of rotatable bonds is 4. The fourth-order valence-electron chi connectivity index (χ4n) is 1.89. The summed E-state index contributed by atoms with van der Waals surface area (Å²) in [5.41, 5.74) is 0. The van der Waals surface area contributed by atoms with Crippen LogP contribution in [0.3, 0.4) is 0 Å². The first-order chi connectivity index (χ1) is 8.26. The van der Waals surface area contributed by atoms with Gasteiger partial charge in [0.1, 0.15) is 0 Å². The number of nitrogens with one attached hydrogen (secondary N) is 1. The molecule has 1 N–H and O–H groups in total. The summed E-state index contributed by atoms with van der Waals surface area (Å²) in [6.45, 7) is 6.40. The van der Waals surface area contributed by atoms with Crippen LogP contribution in [-0.4, -0.2) is 43.0 Å². The van der Waals surface area contributed by atoms with Crippen molar-refractivity contribution in [1.29, 1.82) is 0 Å². The van der Waals surface area contributed by atoms with Gasteiger partial charge >= 0.3 is 6.01 Å². The van der Waals surface area contributed by atoms with Crippen LogP contribution >= 0.6 is 0 Å². The van der Waals surface area contributed by atoms with Crippen molar-refractivity contribution in [3.63, 3.8) is 0 Å². The van der Waals surface area contributed by atoms with Gasteiger partial charge in [0, 0.05) is 6.54 Å². The minimum absolute atomic E-state index is 0.0809. The van der Waals surface area contributed by atoms with Crippen molar-refractivity contribution in [2.45, 2.75) is 32.4 Å². The fraction of sp³-hybridized carbons (Fsp3) is 0.818. The molecule has 1 saturated heterocycles. The second-order valence-electron chi connectivity index (χ2n) is 4.26.